The monoisotopic (exact) mass is 581 g/mol. The van der Waals surface area contributed by atoms with Gasteiger partial charge in [0.2, 0.25) is 5.91 Å². The van der Waals surface area contributed by atoms with Gasteiger partial charge in [-0.05, 0) is 48.9 Å². The lowest BCUT2D eigenvalue weighted by Gasteiger charge is -2.40. The van der Waals surface area contributed by atoms with Gasteiger partial charge in [-0.3, -0.25) is 9.69 Å². The highest BCUT2D eigenvalue weighted by Gasteiger charge is 2.37. The molecule has 40 heavy (non-hydrogen) atoms. The predicted octanol–water partition coefficient (Wildman–Crippen LogP) is 8.22. The Balaban J connectivity index is 1.31. The van der Waals surface area contributed by atoms with E-state index < -0.39 is 22.9 Å². The van der Waals surface area contributed by atoms with Crippen LogP contribution >= 0.6 is 23.5 Å². The zero-order chi connectivity index (χ0) is 28.3. The van der Waals surface area contributed by atoms with Crippen LogP contribution in [0.4, 0.5) is 35.0 Å². The van der Waals surface area contributed by atoms with Gasteiger partial charge in [-0.1, -0.05) is 61.6 Å². The van der Waals surface area contributed by atoms with E-state index >= 15 is 0 Å². The first-order valence-electron chi connectivity index (χ1n) is 12.7. The number of benzene rings is 3. The van der Waals surface area contributed by atoms with Crippen molar-refractivity contribution < 1.29 is 22.8 Å². The highest BCUT2D eigenvalue weighted by atomic mass is 32.2. The molecule has 3 amide bonds. The summed E-state index contributed by atoms with van der Waals surface area (Å²) in [5.41, 5.74) is 0.218. The third kappa shape index (κ3) is 6.08. The van der Waals surface area contributed by atoms with Gasteiger partial charge in [0.15, 0.2) is 0 Å². The Morgan fingerprint density at radius 3 is 2.52 bits per heavy atom. The van der Waals surface area contributed by atoms with E-state index in [-0.39, 0.29) is 23.0 Å². The number of halogens is 3. The molecule has 3 aromatic rings. The number of urea groups is 1. The van der Waals surface area contributed by atoms with Gasteiger partial charge >= 0.3 is 12.2 Å². The van der Waals surface area contributed by atoms with Crippen LogP contribution in [0.15, 0.2) is 107 Å². The molecule has 0 bridgehead atoms. The SMILES string of the molecule is CCC(Sc1cccc(NC(=O)N2c3ccccc3SC3C=CC=CC32)c1)C(=O)Nc1ccccc1C(F)(F)F. The first-order valence-corrected chi connectivity index (χ1v) is 14.4. The molecule has 5 nitrogen and oxygen atoms in total. The van der Waals surface area contributed by atoms with Gasteiger partial charge in [-0.25, -0.2) is 4.79 Å². The number of allylic oxidation sites excluding steroid dienone is 2. The smallest absolute Gasteiger partial charge is 0.325 e. The fourth-order valence-corrected chi connectivity index (χ4v) is 6.87. The quantitative estimate of drug-likeness (QED) is 0.288. The summed E-state index contributed by atoms with van der Waals surface area (Å²) >= 11 is 2.95. The Morgan fingerprint density at radius 1 is 0.975 bits per heavy atom. The normalized spacial score (nSPS) is 18.4. The number of nitrogens with one attached hydrogen (secondary N) is 2. The van der Waals surface area contributed by atoms with Crippen LogP contribution in [0.5, 0.6) is 0 Å². The molecule has 0 saturated heterocycles. The lowest BCUT2D eigenvalue weighted by atomic mass is 10.1. The van der Waals surface area contributed by atoms with E-state index in [9.17, 15) is 22.8 Å². The van der Waals surface area contributed by atoms with E-state index in [1.165, 1.54) is 30.0 Å². The van der Waals surface area contributed by atoms with E-state index in [1.807, 2.05) is 42.5 Å². The molecule has 1 heterocycles. The van der Waals surface area contributed by atoms with Gasteiger partial charge in [-0.2, -0.15) is 13.2 Å². The van der Waals surface area contributed by atoms with Crippen LogP contribution in [-0.4, -0.2) is 28.5 Å². The number of amides is 3. The van der Waals surface area contributed by atoms with Crippen molar-refractivity contribution in [3.63, 3.8) is 0 Å². The lowest BCUT2D eigenvalue weighted by Crippen LogP contribution is -2.49. The van der Waals surface area contributed by atoms with E-state index in [4.69, 9.17) is 0 Å². The Kier molecular flexibility index (Phi) is 8.27. The molecule has 0 fully saturated rings. The summed E-state index contributed by atoms with van der Waals surface area (Å²) in [6.07, 6.45) is 3.85. The molecule has 2 aliphatic rings. The number of para-hydroxylation sites is 2. The molecule has 206 valence electrons. The summed E-state index contributed by atoms with van der Waals surface area (Å²) in [7, 11) is 0. The highest BCUT2D eigenvalue weighted by molar-refractivity contribution is 8.00. The van der Waals surface area contributed by atoms with Crippen LogP contribution < -0.4 is 15.5 Å². The third-order valence-electron chi connectivity index (χ3n) is 6.48. The van der Waals surface area contributed by atoms with Crippen molar-refractivity contribution in [2.75, 3.05) is 15.5 Å². The number of thioether (sulfide) groups is 2. The molecule has 10 heteroatoms. The van der Waals surface area contributed by atoms with Gasteiger partial charge in [0, 0.05) is 15.5 Å². The summed E-state index contributed by atoms with van der Waals surface area (Å²) in [6, 6.07) is 19.4. The maximum Gasteiger partial charge on any atom is 0.418 e. The minimum atomic E-state index is -4.58. The minimum absolute atomic E-state index is 0.0961. The molecule has 0 saturated carbocycles. The molecule has 1 aliphatic carbocycles. The van der Waals surface area contributed by atoms with Crippen LogP contribution in [0.3, 0.4) is 0 Å². The van der Waals surface area contributed by atoms with Crippen molar-refractivity contribution in [1.29, 1.82) is 0 Å². The second-order valence-electron chi connectivity index (χ2n) is 9.19. The Hall–Kier alpha value is -3.63. The number of anilines is 3. The molecule has 0 radical (unpaired) electrons. The second kappa shape index (κ2) is 11.9. The number of carbonyl (C=O) groups is 2. The van der Waals surface area contributed by atoms with Crippen molar-refractivity contribution in [1.82, 2.24) is 0 Å². The van der Waals surface area contributed by atoms with Crippen LogP contribution in [0.2, 0.25) is 0 Å². The van der Waals surface area contributed by atoms with E-state index in [1.54, 1.807) is 47.9 Å². The molecule has 2 N–H and O–H groups in total. The Morgan fingerprint density at radius 2 is 1.73 bits per heavy atom. The highest BCUT2D eigenvalue weighted by Crippen LogP contribution is 2.44. The first-order chi connectivity index (χ1) is 19.2. The van der Waals surface area contributed by atoms with Crippen molar-refractivity contribution in [3.05, 3.63) is 103 Å². The standard InChI is InChI=1S/C30H26F3N3O2S2/c1-2-25(28(37)35-22-13-4-3-12-21(22)30(31,32)33)39-20-11-9-10-19(18-20)34-29(38)36-23-14-5-7-16-26(23)40-27-17-8-6-15-24(27)36/h3-18,23,25-26H,2H2,1H3,(H,34,38)(H,35,37). The van der Waals surface area contributed by atoms with Crippen molar-refractivity contribution in [2.45, 2.75) is 45.9 Å². The molecular weight excluding hydrogens is 555 g/mol. The summed E-state index contributed by atoms with van der Waals surface area (Å²) < 4.78 is 40.1. The van der Waals surface area contributed by atoms with E-state index in [2.05, 4.69) is 16.7 Å². The van der Waals surface area contributed by atoms with E-state index in [0.29, 0.717) is 17.0 Å². The number of hydrogen-bond acceptors (Lipinski definition) is 4. The average molecular weight is 582 g/mol. The number of alkyl halides is 3. The summed E-state index contributed by atoms with van der Waals surface area (Å²) in [5, 5.41) is 4.89. The average Bonchev–Trinajstić information content (AvgIpc) is 2.94. The molecule has 0 aromatic heterocycles. The zero-order valence-electron chi connectivity index (χ0n) is 21.4. The Bertz CT molecular complexity index is 1470. The number of rotatable bonds is 6. The zero-order valence-corrected chi connectivity index (χ0v) is 23.0. The van der Waals surface area contributed by atoms with Crippen LogP contribution in [0, 0.1) is 0 Å². The predicted molar refractivity (Wildman–Crippen MR) is 156 cm³/mol. The molecule has 1 aliphatic heterocycles. The number of carbonyl (C=O) groups excluding carboxylic acids is 2. The first kappa shape index (κ1) is 27.9. The van der Waals surface area contributed by atoms with Gasteiger partial charge in [-0.15, -0.1) is 23.5 Å². The van der Waals surface area contributed by atoms with Crippen molar-refractivity contribution in [2.24, 2.45) is 0 Å². The number of hydrogen-bond donors (Lipinski definition) is 2. The molecule has 3 atom stereocenters. The molecule has 5 rings (SSSR count). The van der Waals surface area contributed by atoms with Gasteiger partial charge < -0.3 is 10.6 Å². The molecular formula is C30H26F3N3O2S2. The molecule has 3 unspecified atom stereocenters. The molecule has 0 spiro atoms. The number of fused-ring (bicyclic) bond motifs is 2. The summed E-state index contributed by atoms with van der Waals surface area (Å²) in [5.74, 6) is -0.524. The maximum absolute atomic E-state index is 13.6. The van der Waals surface area contributed by atoms with Crippen molar-refractivity contribution >= 4 is 52.5 Å². The topological polar surface area (TPSA) is 61.4 Å². The number of nitrogens with zero attached hydrogens (tertiary/aromatic N) is 1. The molecule has 3 aromatic carbocycles. The second-order valence-corrected chi connectivity index (χ2v) is 11.7. The summed E-state index contributed by atoms with van der Waals surface area (Å²) in [4.78, 5) is 30.0. The van der Waals surface area contributed by atoms with E-state index in [0.717, 1.165) is 16.6 Å². The lowest BCUT2D eigenvalue weighted by molar-refractivity contribution is -0.137. The van der Waals surface area contributed by atoms with Crippen molar-refractivity contribution in [3.8, 4) is 0 Å². The van der Waals surface area contributed by atoms with Crippen LogP contribution in [-0.2, 0) is 11.0 Å². The van der Waals surface area contributed by atoms with Crippen LogP contribution in [0.25, 0.3) is 0 Å². The fourth-order valence-electron chi connectivity index (χ4n) is 4.59. The summed E-state index contributed by atoms with van der Waals surface area (Å²) in [6.45, 7) is 1.80. The Labute approximate surface area is 238 Å². The largest absolute Gasteiger partial charge is 0.418 e. The van der Waals surface area contributed by atoms with Gasteiger partial charge in [0.05, 0.1) is 33.5 Å². The third-order valence-corrected chi connectivity index (χ3v) is 9.14. The van der Waals surface area contributed by atoms with Gasteiger partial charge in [0.25, 0.3) is 0 Å². The minimum Gasteiger partial charge on any atom is -0.325 e. The van der Waals surface area contributed by atoms with Crippen LogP contribution in [0.1, 0.15) is 18.9 Å². The fraction of sp³-hybridized carbons (Fsp3) is 0.200. The maximum atomic E-state index is 13.6. The van der Waals surface area contributed by atoms with Gasteiger partial charge in [0.1, 0.15) is 0 Å².